The number of rotatable bonds is 7. The van der Waals surface area contributed by atoms with Crippen LogP contribution in [0.15, 0.2) is 0 Å². The number of carbonyl (C=O) groups excluding carboxylic acids is 1. The molecule has 2 saturated heterocycles. The van der Waals surface area contributed by atoms with Gasteiger partial charge in [-0.25, -0.2) is 0 Å². The van der Waals surface area contributed by atoms with E-state index in [4.69, 9.17) is 4.74 Å². The van der Waals surface area contributed by atoms with Gasteiger partial charge in [0.2, 0.25) is 5.91 Å². The van der Waals surface area contributed by atoms with Crippen LogP contribution in [-0.2, 0) is 9.53 Å². The second kappa shape index (κ2) is 8.88. The average molecular weight is 310 g/mol. The standard InChI is InChI=1S/C18H34N2O2/c1-15(2)22-14-17-8-12-20(13-9-17)18(21)7-6-16(3)19-10-4-5-11-19/h15-17H,4-14H2,1-3H3/t16-/m1/s1. The molecule has 0 saturated carbocycles. The van der Waals surface area contributed by atoms with Crippen LogP contribution in [0, 0.1) is 5.92 Å². The minimum Gasteiger partial charge on any atom is -0.379 e. The summed E-state index contributed by atoms with van der Waals surface area (Å²) in [5, 5.41) is 0. The molecule has 0 aliphatic carbocycles. The summed E-state index contributed by atoms with van der Waals surface area (Å²) in [7, 11) is 0. The fourth-order valence-corrected chi connectivity index (χ4v) is 3.53. The Labute approximate surface area is 136 Å². The summed E-state index contributed by atoms with van der Waals surface area (Å²) in [6, 6.07) is 0.559. The molecule has 128 valence electrons. The van der Waals surface area contributed by atoms with Crippen LogP contribution >= 0.6 is 0 Å². The van der Waals surface area contributed by atoms with E-state index >= 15 is 0 Å². The van der Waals surface area contributed by atoms with Crippen LogP contribution in [0.5, 0.6) is 0 Å². The predicted octanol–water partition coefficient (Wildman–Crippen LogP) is 2.91. The average Bonchev–Trinajstić information content (AvgIpc) is 3.05. The van der Waals surface area contributed by atoms with Crippen molar-refractivity contribution in [3.05, 3.63) is 0 Å². The van der Waals surface area contributed by atoms with Crippen LogP contribution in [0.2, 0.25) is 0 Å². The summed E-state index contributed by atoms with van der Waals surface area (Å²) in [4.78, 5) is 17.0. The minimum atomic E-state index is 0.312. The van der Waals surface area contributed by atoms with Crippen molar-refractivity contribution in [2.45, 2.75) is 71.4 Å². The van der Waals surface area contributed by atoms with Gasteiger partial charge in [-0.05, 0) is 71.9 Å². The lowest BCUT2D eigenvalue weighted by atomic mass is 9.97. The minimum absolute atomic E-state index is 0.312. The number of ether oxygens (including phenoxy) is 1. The number of nitrogens with zero attached hydrogens (tertiary/aromatic N) is 2. The Hall–Kier alpha value is -0.610. The van der Waals surface area contributed by atoms with Crippen LogP contribution in [-0.4, -0.2) is 60.6 Å². The molecule has 0 bridgehead atoms. The molecule has 0 aromatic heterocycles. The van der Waals surface area contributed by atoms with E-state index in [1.807, 2.05) is 0 Å². The molecule has 0 radical (unpaired) electrons. The van der Waals surface area contributed by atoms with Gasteiger partial charge in [-0.1, -0.05) is 0 Å². The molecule has 1 atom stereocenters. The molecule has 1 amide bonds. The van der Waals surface area contributed by atoms with Crippen molar-refractivity contribution in [2.24, 2.45) is 5.92 Å². The van der Waals surface area contributed by atoms with Crippen LogP contribution in [0.3, 0.4) is 0 Å². The second-order valence-corrected chi connectivity index (χ2v) is 7.34. The Kier molecular flexibility index (Phi) is 7.16. The highest BCUT2D eigenvalue weighted by molar-refractivity contribution is 5.76. The highest BCUT2D eigenvalue weighted by Gasteiger charge is 2.24. The third-order valence-corrected chi connectivity index (χ3v) is 5.17. The van der Waals surface area contributed by atoms with E-state index in [0.29, 0.717) is 30.4 Å². The zero-order valence-electron chi connectivity index (χ0n) is 14.7. The Morgan fingerprint density at radius 2 is 1.73 bits per heavy atom. The molecule has 2 fully saturated rings. The zero-order valence-corrected chi connectivity index (χ0v) is 14.7. The van der Waals surface area contributed by atoms with Gasteiger partial charge in [-0.2, -0.15) is 0 Å². The van der Waals surface area contributed by atoms with E-state index in [-0.39, 0.29) is 0 Å². The zero-order chi connectivity index (χ0) is 15.9. The summed E-state index contributed by atoms with van der Waals surface area (Å²) in [6.45, 7) is 11.6. The fraction of sp³-hybridized carbons (Fsp3) is 0.944. The Bertz CT molecular complexity index is 332. The Morgan fingerprint density at radius 3 is 2.32 bits per heavy atom. The lowest BCUT2D eigenvalue weighted by Gasteiger charge is -2.33. The maximum absolute atomic E-state index is 12.4. The van der Waals surface area contributed by atoms with Crippen LogP contribution < -0.4 is 0 Å². The molecular formula is C18H34N2O2. The molecule has 2 rings (SSSR count). The second-order valence-electron chi connectivity index (χ2n) is 7.34. The maximum Gasteiger partial charge on any atom is 0.222 e. The first-order valence-corrected chi connectivity index (χ1v) is 9.19. The van der Waals surface area contributed by atoms with Gasteiger partial charge < -0.3 is 14.5 Å². The van der Waals surface area contributed by atoms with Crippen LogP contribution in [0.4, 0.5) is 0 Å². The summed E-state index contributed by atoms with van der Waals surface area (Å²) in [6.07, 6.45) is 6.88. The van der Waals surface area contributed by atoms with Gasteiger partial charge >= 0.3 is 0 Å². The largest absolute Gasteiger partial charge is 0.379 e. The predicted molar refractivity (Wildman–Crippen MR) is 89.9 cm³/mol. The first-order chi connectivity index (χ1) is 10.6. The van der Waals surface area contributed by atoms with Crippen molar-refractivity contribution in [1.29, 1.82) is 0 Å². The third kappa shape index (κ3) is 5.54. The Morgan fingerprint density at radius 1 is 1.09 bits per heavy atom. The summed E-state index contributed by atoms with van der Waals surface area (Å²) < 4.78 is 5.70. The smallest absolute Gasteiger partial charge is 0.222 e. The van der Waals surface area contributed by atoms with Crippen molar-refractivity contribution in [1.82, 2.24) is 9.80 Å². The van der Waals surface area contributed by atoms with Crippen molar-refractivity contribution < 1.29 is 9.53 Å². The van der Waals surface area contributed by atoms with Crippen molar-refractivity contribution >= 4 is 5.91 Å². The maximum atomic E-state index is 12.4. The topological polar surface area (TPSA) is 32.8 Å². The van der Waals surface area contributed by atoms with Crippen LogP contribution in [0.1, 0.15) is 59.3 Å². The monoisotopic (exact) mass is 310 g/mol. The van der Waals surface area contributed by atoms with Crippen molar-refractivity contribution in [3.63, 3.8) is 0 Å². The highest BCUT2D eigenvalue weighted by Crippen LogP contribution is 2.20. The lowest BCUT2D eigenvalue weighted by molar-refractivity contribution is -0.133. The molecule has 0 aromatic carbocycles. The molecule has 4 nitrogen and oxygen atoms in total. The summed E-state index contributed by atoms with van der Waals surface area (Å²) in [5.41, 5.74) is 0. The van der Waals surface area contributed by atoms with E-state index in [9.17, 15) is 4.79 Å². The molecule has 2 aliphatic heterocycles. The van der Waals surface area contributed by atoms with Crippen molar-refractivity contribution in [3.8, 4) is 0 Å². The molecule has 4 heteroatoms. The third-order valence-electron chi connectivity index (χ3n) is 5.17. The van der Waals surface area contributed by atoms with Gasteiger partial charge in [-0.15, -0.1) is 0 Å². The van der Waals surface area contributed by atoms with Gasteiger partial charge in [0.1, 0.15) is 0 Å². The van der Waals surface area contributed by atoms with Gasteiger partial charge in [-0.3, -0.25) is 4.79 Å². The first-order valence-electron chi connectivity index (χ1n) is 9.19. The van der Waals surface area contributed by atoms with E-state index < -0.39 is 0 Å². The molecule has 22 heavy (non-hydrogen) atoms. The first kappa shape index (κ1) is 17.7. The number of carbonyl (C=O) groups is 1. The van der Waals surface area contributed by atoms with E-state index in [1.165, 1.54) is 25.9 Å². The molecule has 0 N–H and O–H groups in total. The summed E-state index contributed by atoms with van der Waals surface area (Å²) in [5.74, 6) is 0.990. The van der Waals surface area contributed by atoms with E-state index in [2.05, 4.69) is 30.6 Å². The number of hydrogen-bond acceptors (Lipinski definition) is 3. The number of amides is 1. The van der Waals surface area contributed by atoms with Crippen LogP contribution in [0.25, 0.3) is 0 Å². The molecule has 0 unspecified atom stereocenters. The van der Waals surface area contributed by atoms with E-state index in [0.717, 1.165) is 39.0 Å². The SMILES string of the molecule is CC(C)OCC1CCN(C(=O)CC[C@@H](C)N2CCCC2)CC1. The highest BCUT2D eigenvalue weighted by atomic mass is 16.5. The normalized spacial score (nSPS) is 22.5. The molecule has 0 aromatic rings. The van der Waals surface area contributed by atoms with Gasteiger partial charge in [0, 0.05) is 32.2 Å². The van der Waals surface area contributed by atoms with Gasteiger partial charge in [0.15, 0.2) is 0 Å². The molecular weight excluding hydrogens is 276 g/mol. The van der Waals surface area contributed by atoms with Gasteiger partial charge in [0.05, 0.1) is 6.10 Å². The number of hydrogen-bond donors (Lipinski definition) is 0. The van der Waals surface area contributed by atoms with Crippen molar-refractivity contribution in [2.75, 3.05) is 32.8 Å². The van der Waals surface area contributed by atoms with E-state index in [1.54, 1.807) is 0 Å². The Balaban J connectivity index is 1.62. The fourth-order valence-electron chi connectivity index (χ4n) is 3.53. The number of piperidine rings is 1. The lowest BCUT2D eigenvalue weighted by Crippen LogP contribution is -2.40. The molecule has 0 spiro atoms. The quantitative estimate of drug-likeness (QED) is 0.725. The molecule has 2 heterocycles. The number of likely N-dealkylation sites (tertiary alicyclic amines) is 2. The summed E-state index contributed by atoms with van der Waals surface area (Å²) >= 11 is 0. The molecule has 2 aliphatic rings. The van der Waals surface area contributed by atoms with Gasteiger partial charge in [0.25, 0.3) is 0 Å².